The van der Waals surface area contributed by atoms with Crippen LogP contribution in [0.15, 0.2) is 84.2 Å². The lowest BCUT2D eigenvalue weighted by atomic mass is 10.4. The van der Waals surface area contributed by atoms with Crippen molar-refractivity contribution in [2.75, 3.05) is 0 Å². The van der Waals surface area contributed by atoms with Crippen LogP contribution < -0.4 is 0 Å². The van der Waals surface area contributed by atoms with Crippen molar-refractivity contribution in [3.8, 4) is 0 Å². The highest BCUT2D eigenvalue weighted by Gasteiger charge is 2.16. The monoisotopic (exact) mass is 382 g/mol. The van der Waals surface area contributed by atoms with Crippen LogP contribution in [0.1, 0.15) is 62.3 Å². The number of rotatable bonds is 4. The lowest BCUT2D eigenvalue weighted by Gasteiger charge is -2.03. The van der Waals surface area contributed by atoms with Crippen molar-refractivity contribution in [1.29, 1.82) is 0 Å². The van der Waals surface area contributed by atoms with Gasteiger partial charge in [0, 0.05) is 0 Å². The molecule has 152 valence electrons. The molecule has 1 aromatic carbocycles. The summed E-state index contributed by atoms with van der Waals surface area (Å²) in [6.45, 7) is 28.2. The van der Waals surface area contributed by atoms with Crippen molar-refractivity contribution in [3.63, 3.8) is 0 Å². The zero-order valence-corrected chi connectivity index (χ0v) is 19.4. The average molecular weight is 383 g/mol. The standard InChI is InChI=1S/C12H12O2S.C3H6.4C2H6/c1-3-8-11(4-2)15(13,14)12-9-6-5-7-10-12;1-3-2;4*1-2/h3-10H,1-2H2;3H,1H2,2H3;4*1-2H3/b11-8+;;;;;. The van der Waals surface area contributed by atoms with Gasteiger partial charge in [-0.3, -0.25) is 0 Å². The first-order valence-electron chi connectivity index (χ1n) is 9.37. The van der Waals surface area contributed by atoms with Gasteiger partial charge in [0.15, 0.2) is 0 Å². The third-order valence-corrected chi connectivity index (χ3v) is 3.66. The predicted octanol–water partition coefficient (Wildman–Crippen LogP) is 8.01. The summed E-state index contributed by atoms with van der Waals surface area (Å²) in [6, 6.07) is 8.23. The van der Waals surface area contributed by atoms with Gasteiger partial charge >= 0.3 is 0 Å². The van der Waals surface area contributed by atoms with Crippen LogP contribution in [0, 0.1) is 0 Å². The Balaban J connectivity index is -0.000000113. The molecule has 1 aromatic rings. The van der Waals surface area contributed by atoms with Crippen LogP contribution in [0.4, 0.5) is 0 Å². The van der Waals surface area contributed by atoms with Crippen LogP contribution in [0.25, 0.3) is 0 Å². The Labute approximate surface area is 165 Å². The summed E-state index contributed by atoms with van der Waals surface area (Å²) in [5, 5.41) is 0. The molecule has 0 bridgehead atoms. The molecule has 0 spiro atoms. The fraction of sp³-hybridized carbons (Fsp3) is 0.391. The minimum Gasteiger partial charge on any atom is -0.219 e. The Bertz CT molecular complexity index is 525. The number of allylic oxidation sites excluding steroid dienone is 4. The SMILES string of the molecule is C=C/C=C(\C=C)S(=O)(=O)c1ccccc1.C=CC.CC.CC.CC.CC. The smallest absolute Gasteiger partial charge is 0.206 e. The summed E-state index contributed by atoms with van der Waals surface area (Å²) in [6.07, 6.45) is 5.91. The van der Waals surface area contributed by atoms with Crippen molar-refractivity contribution in [1.82, 2.24) is 0 Å². The molecule has 0 saturated carbocycles. The molecule has 0 aliphatic heterocycles. The van der Waals surface area contributed by atoms with Gasteiger partial charge in [0.05, 0.1) is 9.80 Å². The average Bonchev–Trinajstić information content (AvgIpc) is 2.73. The largest absolute Gasteiger partial charge is 0.219 e. The van der Waals surface area contributed by atoms with E-state index < -0.39 is 9.84 Å². The normalized spacial score (nSPS) is 8.42. The maximum absolute atomic E-state index is 12.0. The molecule has 0 radical (unpaired) electrons. The van der Waals surface area contributed by atoms with Gasteiger partial charge in [-0.15, -0.1) is 6.58 Å². The van der Waals surface area contributed by atoms with Crippen LogP contribution in [0.3, 0.4) is 0 Å². The highest BCUT2D eigenvalue weighted by molar-refractivity contribution is 7.95. The fourth-order valence-corrected chi connectivity index (χ4v) is 2.40. The minimum atomic E-state index is -3.44. The van der Waals surface area contributed by atoms with Gasteiger partial charge < -0.3 is 0 Å². The summed E-state index contributed by atoms with van der Waals surface area (Å²) in [7, 11) is -3.44. The minimum absolute atomic E-state index is 0.156. The summed E-state index contributed by atoms with van der Waals surface area (Å²) in [4.78, 5) is 0.418. The zero-order chi connectivity index (χ0) is 22.0. The van der Waals surface area contributed by atoms with Gasteiger partial charge in [0.1, 0.15) is 0 Å². The predicted molar refractivity (Wildman–Crippen MR) is 123 cm³/mol. The topological polar surface area (TPSA) is 34.1 Å². The third kappa shape index (κ3) is 18.5. The van der Waals surface area contributed by atoms with E-state index in [9.17, 15) is 8.42 Å². The van der Waals surface area contributed by atoms with Gasteiger partial charge in [-0.1, -0.05) is 105 Å². The van der Waals surface area contributed by atoms with E-state index in [0.717, 1.165) is 0 Å². The van der Waals surface area contributed by atoms with Gasteiger partial charge in [-0.05, 0) is 25.1 Å². The van der Waals surface area contributed by atoms with E-state index in [1.54, 1.807) is 36.4 Å². The van der Waals surface area contributed by atoms with Gasteiger partial charge in [0.25, 0.3) is 0 Å². The Hall–Kier alpha value is -1.87. The van der Waals surface area contributed by atoms with E-state index >= 15 is 0 Å². The number of hydrogen-bond acceptors (Lipinski definition) is 2. The molecule has 0 N–H and O–H groups in total. The number of benzene rings is 1. The van der Waals surface area contributed by atoms with E-state index in [1.165, 1.54) is 18.2 Å². The van der Waals surface area contributed by atoms with Crippen molar-refractivity contribution < 1.29 is 8.42 Å². The molecule has 0 aromatic heterocycles. The molecule has 0 fully saturated rings. The maximum Gasteiger partial charge on any atom is 0.206 e. The van der Waals surface area contributed by atoms with E-state index in [1.807, 2.05) is 62.3 Å². The van der Waals surface area contributed by atoms with Crippen molar-refractivity contribution in [3.05, 3.63) is 79.3 Å². The van der Waals surface area contributed by atoms with E-state index in [4.69, 9.17) is 0 Å². The molecule has 3 heteroatoms. The van der Waals surface area contributed by atoms with Gasteiger partial charge in [0.2, 0.25) is 9.84 Å². The summed E-state index contributed by atoms with van der Waals surface area (Å²) in [5.74, 6) is 0. The highest BCUT2D eigenvalue weighted by atomic mass is 32.2. The van der Waals surface area contributed by atoms with Crippen LogP contribution in [0.2, 0.25) is 0 Å². The Kier molecular flexibility index (Phi) is 42.0. The maximum atomic E-state index is 12.0. The molecule has 0 aliphatic rings. The lowest BCUT2D eigenvalue weighted by molar-refractivity contribution is 0.603. The molecular formula is C23H42O2S. The Morgan fingerprint density at radius 1 is 0.808 bits per heavy atom. The number of hydrogen-bond donors (Lipinski definition) is 0. The molecule has 0 amide bonds. The summed E-state index contributed by atoms with van der Waals surface area (Å²) >= 11 is 0. The van der Waals surface area contributed by atoms with Crippen molar-refractivity contribution in [2.45, 2.75) is 67.2 Å². The third-order valence-electron chi connectivity index (χ3n) is 1.85. The van der Waals surface area contributed by atoms with Crippen LogP contribution in [-0.2, 0) is 9.84 Å². The molecule has 26 heavy (non-hydrogen) atoms. The van der Waals surface area contributed by atoms with Crippen molar-refractivity contribution in [2.24, 2.45) is 0 Å². The van der Waals surface area contributed by atoms with Gasteiger partial charge in [-0.25, -0.2) is 8.42 Å². The lowest BCUT2D eigenvalue weighted by Crippen LogP contribution is -2.02. The molecule has 1 rings (SSSR count). The quantitative estimate of drug-likeness (QED) is 0.390. The van der Waals surface area contributed by atoms with Crippen molar-refractivity contribution >= 4 is 9.84 Å². The molecule has 0 saturated heterocycles. The van der Waals surface area contributed by atoms with Gasteiger partial charge in [-0.2, -0.15) is 0 Å². The van der Waals surface area contributed by atoms with E-state index in [-0.39, 0.29) is 9.80 Å². The fourth-order valence-electron chi connectivity index (χ4n) is 1.12. The van der Waals surface area contributed by atoms with Crippen LogP contribution in [-0.4, -0.2) is 8.42 Å². The molecule has 0 aliphatic carbocycles. The molecule has 0 heterocycles. The zero-order valence-electron chi connectivity index (χ0n) is 18.5. The second-order valence-corrected chi connectivity index (χ2v) is 5.18. The second kappa shape index (κ2) is 31.0. The summed E-state index contributed by atoms with van der Waals surface area (Å²) in [5.41, 5.74) is 0. The molecule has 0 atom stereocenters. The Morgan fingerprint density at radius 2 is 1.15 bits per heavy atom. The first-order chi connectivity index (χ1) is 12.5. The molecule has 0 unspecified atom stereocenters. The first-order valence-corrected chi connectivity index (χ1v) is 10.8. The van der Waals surface area contributed by atoms with E-state index in [2.05, 4.69) is 19.7 Å². The summed E-state index contributed by atoms with van der Waals surface area (Å²) < 4.78 is 23.9. The van der Waals surface area contributed by atoms with E-state index in [0.29, 0.717) is 0 Å². The molecular weight excluding hydrogens is 340 g/mol. The number of sulfone groups is 1. The first kappa shape index (κ1) is 35.3. The van der Waals surface area contributed by atoms with Crippen LogP contribution in [0.5, 0.6) is 0 Å². The highest BCUT2D eigenvalue weighted by Crippen LogP contribution is 2.19. The Morgan fingerprint density at radius 3 is 1.42 bits per heavy atom. The second-order valence-electron chi connectivity index (χ2n) is 3.23. The van der Waals surface area contributed by atoms with Crippen LogP contribution >= 0.6 is 0 Å². The molecule has 2 nitrogen and oxygen atoms in total.